The quantitative estimate of drug-likeness (QED) is 0.872. The van der Waals surface area contributed by atoms with E-state index in [2.05, 4.69) is 20.8 Å². The van der Waals surface area contributed by atoms with Crippen LogP contribution in [-0.4, -0.2) is 37.2 Å². The van der Waals surface area contributed by atoms with E-state index in [9.17, 15) is 14.7 Å². The lowest BCUT2D eigenvalue weighted by atomic mass is 10.1. The van der Waals surface area contributed by atoms with Crippen molar-refractivity contribution in [1.29, 1.82) is 0 Å². The molecule has 2 rings (SSSR count). The van der Waals surface area contributed by atoms with Crippen molar-refractivity contribution in [3.8, 4) is 11.4 Å². The van der Waals surface area contributed by atoms with Crippen LogP contribution in [0.5, 0.6) is 0 Å². The van der Waals surface area contributed by atoms with Crippen LogP contribution in [0, 0.1) is 0 Å². The van der Waals surface area contributed by atoms with E-state index in [0.29, 0.717) is 17.1 Å². The smallest absolute Gasteiger partial charge is 0.331 e. The van der Waals surface area contributed by atoms with E-state index in [-0.39, 0.29) is 5.91 Å². The van der Waals surface area contributed by atoms with Gasteiger partial charge in [0.25, 0.3) is 0 Å². The molecule has 1 amide bonds. The largest absolute Gasteiger partial charge is 0.479 e. The standard InChI is InChI=1S/C13H15N5O3/c1-8(19)14-10-6-4-5-9(7-10)11-15-16-17-18(11)13(2,3)12(20)21/h4-7H,1-3H3,(H,14,19)(H,20,21). The van der Waals surface area contributed by atoms with Gasteiger partial charge in [-0.3, -0.25) is 4.79 Å². The molecule has 0 radical (unpaired) electrons. The highest BCUT2D eigenvalue weighted by molar-refractivity contribution is 5.89. The van der Waals surface area contributed by atoms with Crippen molar-refractivity contribution in [3.63, 3.8) is 0 Å². The zero-order chi connectivity index (χ0) is 15.6. The second kappa shape index (κ2) is 5.31. The third-order valence-electron chi connectivity index (χ3n) is 2.96. The number of tetrazole rings is 1. The van der Waals surface area contributed by atoms with Crippen LogP contribution in [-0.2, 0) is 15.1 Å². The molecule has 21 heavy (non-hydrogen) atoms. The van der Waals surface area contributed by atoms with Crippen molar-refractivity contribution in [2.75, 3.05) is 5.32 Å². The molecule has 0 aliphatic heterocycles. The number of anilines is 1. The summed E-state index contributed by atoms with van der Waals surface area (Å²) < 4.78 is 1.24. The van der Waals surface area contributed by atoms with Crippen molar-refractivity contribution in [2.45, 2.75) is 26.3 Å². The van der Waals surface area contributed by atoms with Gasteiger partial charge < -0.3 is 10.4 Å². The zero-order valence-electron chi connectivity index (χ0n) is 11.9. The summed E-state index contributed by atoms with van der Waals surface area (Å²) in [4.78, 5) is 22.4. The minimum atomic E-state index is -1.29. The number of benzene rings is 1. The number of amides is 1. The van der Waals surface area contributed by atoms with Crippen molar-refractivity contribution in [2.24, 2.45) is 0 Å². The van der Waals surface area contributed by atoms with Crippen molar-refractivity contribution >= 4 is 17.6 Å². The Morgan fingerprint density at radius 2 is 2.05 bits per heavy atom. The fourth-order valence-corrected chi connectivity index (χ4v) is 1.77. The number of aliphatic carboxylic acids is 1. The van der Waals surface area contributed by atoms with Crippen LogP contribution in [0.2, 0.25) is 0 Å². The number of carboxylic acid groups (broad SMARTS) is 1. The van der Waals surface area contributed by atoms with Crippen LogP contribution < -0.4 is 5.32 Å². The van der Waals surface area contributed by atoms with Crippen LogP contribution in [0.25, 0.3) is 11.4 Å². The second-order valence-corrected chi connectivity index (χ2v) is 5.04. The van der Waals surface area contributed by atoms with Gasteiger partial charge in [-0.2, -0.15) is 0 Å². The molecule has 0 spiro atoms. The molecule has 0 bridgehead atoms. The molecule has 0 aliphatic rings. The number of hydrogen-bond donors (Lipinski definition) is 2. The topological polar surface area (TPSA) is 110 Å². The fraction of sp³-hybridized carbons (Fsp3) is 0.308. The molecule has 8 nitrogen and oxygen atoms in total. The number of rotatable bonds is 4. The summed E-state index contributed by atoms with van der Waals surface area (Å²) in [5.74, 6) is -0.929. The van der Waals surface area contributed by atoms with Gasteiger partial charge >= 0.3 is 5.97 Å². The second-order valence-electron chi connectivity index (χ2n) is 5.04. The summed E-state index contributed by atoms with van der Waals surface area (Å²) >= 11 is 0. The molecule has 0 unspecified atom stereocenters. The predicted octanol–water partition coefficient (Wildman–Crippen LogP) is 1.12. The minimum absolute atomic E-state index is 0.197. The summed E-state index contributed by atoms with van der Waals surface area (Å²) in [5.41, 5.74) is -0.0914. The van der Waals surface area contributed by atoms with Crippen LogP contribution in [0.3, 0.4) is 0 Å². The first-order valence-electron chi connectivity index (χ1n) is 6.22. The maximum atomic E-state index is 11.3. The Labute approximate surface area is 120 Å². The number of carboxylic acids is 1. The van der Waals surface area contributed by atoms with E-state index < -0.39 is 11.5 Å². The van der Waals surface area contributed by atoms with Crippen molar-refractivity contribution in [1.82, 2.24) is 20.2 Å². The zero-order valence-corrected chi connectivity index (χ0v) is 11.9. The van der Waals surface area contributed by atoms with E-state index in [1.165, 1.54) is 25.5 Å². The summed E-state index contributed by atoms with van der Waals surface area (Å²) in [6.07, 6.45) is 0. The summed E-state index contributed by atoms with van der Waals surface area (Å²) in [6.45, 7) is 4.42. The molecule has 110 valence electrons. The van der Waals surface area contributed by atoms with E-state index >= 15 is 0 Å². The lowest BCUT2D eigenvalue weighted by Gasteiger charge is -2.20. The summed E-state index contributed by atoms with van der Waals surface area (Å²) in [7, 11) is 0. The third-order valence-corrected chi connectivity index (χ3v) is 2.96. The van der Waals surface area contributed by atoms with Gasteiger partial charge in [0.05, 0.1) is 0 Å². The highest BCUT2D eigenvalue weighted by atomic mass is 16.4. The molecule has 0 saturated carbocycles. The highest BCUT2D eigenvalue weighted by Crippen LogP contribution is 2.25. The first-order valence-corrected chi connectivity index (χ1v) is 6.22. The number of aromatic nitrogens is 4. The highest BCUT2D eigenvalue weighted by Gasteiger charge is 2.33. The molecular formula is C13H15N5O3. The molecule has 2 aromatic rings. The average molecular weight is 289 g/mol. The van der Waals surface area contributed by atoms with Gasteiger partial charge in [0.1, 0.15) is 0 Å². The molecule has 1 heterocycles. The normalized spacial score (nSPS) is 11.2. The Hall–Kier alpha value is -2.77. The van der Waals surface area contributed by atoms with Crippen molar-refractivity contribution < 1.29 is 14.7 Å². The lowest BCUT2D eigenvalue weighted by molar-refractivity contribution is -0.146. The fourth-order valence-electron chi connectivity index (χ4n) is 1.77. The number of nitrogens with one attached hydrogen (secondary N) is 1. The molecule has 0 atom stereocenters. The summed E-state index contributed by atoms with van der Waals surface area (Å²) in [6, 6.07) is 6.88. The van der Waals surface area contributed by atoms with E-state index in [1.54, 1.807) is 24.3 Å². The minimum Gasteiger partial charge on any atom is -0.479 e. The average Bonchev–Trinajstić information content (AvgIpc) is 2.87. The maximum absolute atomic E-state index is 11.3. The van der Waals surface area contributed by atoms with Gasteiger partial charge in [0.15, 0.2) is 11.4 Å². The maximum Gasteiger partial charge on any atom is 0.331 e. The van der Waals surface area contributed by atoms with Crippen LogP contribution in [0.4, 0.5) is 5.69 Å². The van der Waals surface area contributed by atoms with Gasteiger partial charge in [0, 0.05) is 18.2 Å². The van der Waals surface area contributed by atoms with Crippen LogP contribution >= 0.6 is 0 Å². The molecule has 0 saturated heterocycles. The van der Waals surface area contributed by atoms with Gasteiger partial charge in [-0.1, -0.05) is 12.1 Å². The van der Waals surface area contributed by atoms with Gasteiger partial charge in [0.2, 0.25) is 5.91 Å². The van der Waals surface area contributed by atoms with Gasteiger partial charge in [-0.25, -0.2) is 9.48 Å². The molecule has 1 aromatic carbocycles. The van der Waals surface area contributed by atoms with E-state index in [0.717, 1.165) is 0 Å². The molecule has 1 aromatic heterocycles. The number of nitrogens with zero attached hydrogens (tertiary/aromatic N) is 4. The Balaban J connectivity index is 2.47. The lowest BCUT2D eigenvalue weighted by Crippen LogP contribution is -2.37. The number of carbonyl (C=O) groups is 2. The Morgan fingerprint density at radius 1 is 1.33 bits per heavy atom. The predicted molar refractivity (Wildman–Crippen MR) is 74.5 cm³/mol. The Kier molecular flexibility index (Phi) is 3.70. The van der Waals surface area contributed by atoms with Gasteiger partial charge in [-0.05, 0) is 36.4 Å². The molecular weight excluding hydrogens is 274 g/mol. The molecule has 0 aliphatic carbocycles. The SMILES string of the molecule is CC(=O)Nc1cccc(-c2nnnn2C(C)(C)C(=O)O)c1. The third kappa shape index (κ3) is 2.88. The number of hydrogen-bond acceptors (Lipinski definition) is 5. The molecule has 2 N–H and O–H groups in total. The Bertz CT molecular complexity index is 693. The monoisotopic (exact) mass is 289 g/mol. The first-order chi connectivity index (χ1) is 9.82. The van der Waals surface area contributed by atoms with Crippen molar-refractivity contribution in [3.05, 3.63) is 24.3 Å². The molecule has 8 heteroatoms. The summed E-state index contributed by atoms with van der Waals surface area (Å²) in [5, 5.41) is 23.1. The van der Waals surface area contributed by atoms with Crippen LogP contribution in [0.15, 0.2) is 24.3 Å². The van der Waals surface area contributed by atoms with Gasteiger partial charge in [-0.15, -0.1) is 5.10 Å². The first kappa shape index (κ1) is 14.6. The number of carbonyl (C=O) groups excluding carboxylic acids is 1. The van der Waals surface area contributed by atoms with E-state index in [1.807, 2.05) is 0 Å². The van der Waals surface area contributed by atoms with E-state index in [4.69, 9.17) is 0 Å². The van der Waals surface area contributed by atoms with Crippen LogP contribution in [0.1, 0.15) is 20.8 Å². The molecule has 0 fully saturated rings. The Morgan fingerprint density at radius 3 is 2.67 bits per heavy atom.